The van der Waals surface area contributed by atoms with Crippen LogP contribution in [0.25, 0.3) is 10.9 Å². The molecule has 0 N–H and O–H groups in total. The molecular weight excluding hydrogens is 328 g/mol. The van der Waals surface area contributed by atoms with Crippen molar-refractivity contribution in [3.8, 4) is 0 Å². The predicted molar refractivity (Wildman–Crippen MR) is 86.4 cm³/mol. The van der Waals surface area contributed by atoms with E-state index in [1.165, 1.54) is 0 Å². The first-order valence-corrected chi connectivity index (χ1v) is 7.47. The van der Waals surface area contributed by atoms with Crippen molar-refractivity contribution in [2.24, 2.45) is 0 Å². The van der Waals surface area contributed by atoms with E-state index in [0.29, 0.717) is 6.54 Å². The van der Waals surface area contributed by atoms with Crippen molar-refractivity contribution < 1.29 is 4.79 Å². The molecule has 2 aromatic carbocycles. The Kier molecular flexibility index (Phi) is 2.79. The number of hydrogen-bond acceptors (Lipinski definition) is 2. The molecule has 0 saturated carbocycles. The molecule has 0 radical (unpaired) electrons. The zero-order valence-corrected chi connectivity index (χ0v) is 12.7. The second kappa shape index (κ2) is 4.67. The maximum Gasteiger partial charge on any atom is 0.259 e. The third kappa shape index (κ3) is 1.94. The van der Waals surface area contributed by atoms with E-state index in [0.717, 1.165) is 32.2 Å². The standard InChI is InChI=1S/C17H11BrN2O/c18-13-7-6-12-10-20(17(21)14(12)9-13)15-5-1-3-11-4-2-8-19-16(11)15/h1-9H,10H2. The fraction of sp³-hybridized carbons (Fsp3) is 0.0588. The monoisotopic (exact) mass is 338 g/mol. The molecule has 1 aromatic heterocycles. The van der Waals surface area contributed by atoms with E-state index in [9.17, 15) is 4.79 Å². The SMILES string of the molecule is O=C1c2cc(Br)ccc2CN1c1cccc2cccnc12. The summed E-state index contributed by atoms with van der Waals surface area (Å²) in [5, 5.41) is 1.04. The quantitative estimate of drug-likeness (QED) is 0.667. The van der Waals surface area contributed by atoms with Crippen LogP contribution < -0.4 is 4.90 Å². The van der Waals surface area contributed by atoms with Gasteiger partial charge in [-0.2, -0.15) is 0 Å². The number of rotatable bonds is 1. The first kappa shape index (κ1) is 12.5. The van der Waals surface area contributed by atoms with Crippen LogP contribution in [-0.4, -0.2) is 10.9 Å². The van der Waals surface area contributed by atoms with Gasteiger partial charge in [0.25, 0.3) is 5.91 Å². The molecule has 0 fully saturated rings. The molecule has 1 amide bonds. The van der Waals surface area contributed by atoms with Gasteiger partial charge in [0.1, 0.15) is 0 Å². The van der Waals surface area contributed by atoms with E-state index in [1.54, 1.807) is 11.1 Å². The van der Waals surface area contributed by atoms with Gasteiger partial charge in [0.15, 0.2) is 0 Å². The van der Waals surface area contributed by atoms with Gasteiger partial charge < -0.3 is 4.90 Å². The van der Waals surface area contributed by atoms with Gasteiger partial charge in [0, 0.05) is 21.6 Å². The number of halogens is 1. The van der Waals surface area contributed by atoms with Gasteiger partial charge in [-0.25, -0.2) is 0 Å². The van der Waals surface area contributed by atoms with Crippen molar-refractivity contribution >= 4 is 38.4 Å². The van der Waals surface area contributed by atoms with E-state index < -0.39 is 0 Å². The van der Waals surface area contributed by atoms with Crippen LogP contribution in [-0.2, 0) is 6.54 Å². The van der Waals surface area contributed by atoms with Crippen molar-refractivity contribution in [2.75, 3.05) is 4.90 Å². The fourth-order valence-corrected chi connectivity index (χ4v) is 3.13. The molecule has 21 heavy (non-hydrogen) atoms. The normalized spacial score (nSPS) is 13.8. The maximum absolute atomic E-state index is 12.7. The molecule has 4 rings (SSSR count). The molecule has 1 aliphatic heterocycles. The molecule has 3 aromatic rings. The highest BCUT2D eigenvalue weighted by molar-refractivity contribution is 9.10. The number of aromatic nitrogens is 1. The highest BCUT2D eigenvalue weighted by atomic mass is 79.9. The Balaban J connectivity index is 1.87. The summed E-state index contributed by atoms with van der Waals surface area (Å²) in [6, 6.07) is 15.7. The minimum Gasteiger partial charge on any atom is -0.302 e. The minimum absolute atomic E-state index is 0.0319. The average molecular weight is 339 g/mol. The van der Waals surface area contributed by atoms with E-state index in [4.69, 9.17) is 0 Å². The number of nitrogens with zero attached hydrogens (tertiary/aromatic N) is 2. The molecular formula is C17H11BrN2O. The third-order valence-electron chi connectivity index (χ3n) is 3.78. The Morgan fingerprint density at radius 2 is 1.95 bits per heavy atom. The van der Waals surface area contributed by atoms with Crippen molar-refractivity contribution in [1.29, 1.82) is 0 Å². The summed E-state index contributed by atoms with van der Waals surface area (Å²) < 4.78 is 0.924. The van der Waals surface area contributed by atoms with Gasteiger partial charge >= 0.3 is 0 Å². The lowest BCUT2D eigenvalue weighted by Crippen LogP contribution is -2.23. The number of pyridine rings is 1. The van der Waals surface area contributed by atoms with E-state index in [-0.39, 0.29) is 5.91 Å². The highest BCUT2D eigenvalue weighted by Gasteiger charge is 2.29. The maximum atomic E-state index is 12.7. The Labute approximate surface area is 130 Å². The van der Waals surface area contributed by atoms with Crippen LogP contribution in [0.4, 0.5) is 5.69 Å². The van der Waals surface area contributed by atoms with Crippen LogP contribution in [0, 0.1) is 0 Å². The van der Waals surface area contributed by atoms with Crippen molar-refractivity contribution in [1.82, 2.24) is 4.98 Å². The molecule has 0 atom stereocenters. The number of carbonyl (C=O) groups excluding carboxylic acids is 1. The Bertz CT molecular complexity index is 870. The first-order chi connectivity index (χ1) is 10.2. The van der Waals surface area contributed by atoms with Crippen molar-refractivity contribution in [2.45, 2.75) is 6.54 Å². The molecule has 0 aliphatic carbocycles. The smallest absolute Gasteiger partial charge is 0.259 e. The second-order valence-electron chi connectivity index (χ2n) is 5.05. The molecule has 0 bridgehead atoms. The van der Waals surface area contributed by atoms with Crippen LogP contribution in [0.5, 0.6) is 0 Å². The van der Waals surface area contributed by atoms with E-state index in [1.807, 2.05) is 48.5 Å². The second-order valence-corrected chi connectivity index (χ2v) is 5.96. The number of amides is 1. The summed E-state index contributed by atoms with van der Waals surface area (Å²) in [5.74, 6) is 0.0319. The summed E-state index contributed by atoms with van der Waals surface area (Å²) >= 11 is 3.43. The highest BCUT2D eigenvalue weighted by Crippen LogP contribution is 2.33. The number of carbonyl (C=O) groups is 1. The molecule has 3 nitrogen and oxygen atoms in total. The van der Waals surface area contributed by atoms with Crippen molar-refractivity contribution in [3.63, 3.8) is 0 Å². The Morgan fingerprint density at radius 1 is 1.10 bits per heavy atom. The van der Waals surface area contributed by atoms with Crippen LogP contribution in [0.2, 0.25) is 0 Å². The molecule has 0 saturated heterocycles. The molecule has 4 heteroatoms. The van der Waals surface area contributed by atoms with Gasteiger partial charge in [0.2, 0.25) is 0 Å². The number of para-hydroxylation sites is 1. The van der Waals surface area contributed by atoms with Crippen LogP contribution in [0.3, 0.4) is 0 Å². The largest absolute Gasteiger partial charge is 0.302 e. The van der Waals surface area contributed by atoms with E-state index in [2.05, 4.69) is 20.9 Å². The first-order valence-electron chi connectivity index (χ1n) is 6.68. The van der Waals surface area contributed by atoms with E-state index >= 15 is 0 Å². The molecule has 2 heterocycles. The Morgan fingerprint density at radius 3 is 2.86 bits per heavy atom. The van der Waals surface area contributed by atoms with Gasteiger partial charge in [0.05, 0.1) is 17.7 Å². The van der Waals surface area contributed by atoms with Gasteiger partial charge in [-0.1, -0.05) is 40.2 Å². The summed E-state index contributed by atoms with van der Waals surface area (Å²) in [6.07, 6.45) is 1.76. The van der Waals surface area contributed by atoms with Gasteiger partial charge in [-0.15, -0.1) is 0 Å². The minimum atomic E-state index is 0.0319. The average Bonchev–Trinajstić information content (AvgIpc) is 2.83. The fourth-order valence-electron chi connectivity index (χ4n) is 2.77. The van der Waals surface area contributed by atoms with Crippen LogP contribution in [0.1, 0.15) is 15.9 Å². The lowest BCUT2D eigenvalue weighted by Gasteiger charge is -2.17. The zero-order valence-electron chi connectivity index (χ0n) is 11.1. The Hall–Kier alpha value is -2.20. The molecule has 0 unspecified atom stereocenters. The van der Waals surface area contributed by atoms with Gasteiger partial charge in [-0.3, -0.25) is 9.78 Å². The lowest BCUT2D eigenvalue weighted by molar-refractivity contribution is 0.0997. The van der Waals surface area contributed by atoms with Crippen molar-refractivity contribution in [3.05, 3.63) is 70.3 Å². The van der Waals surface area contributed by atoms with Gasteiger partial charge in [-0.05, 0) is 29.8 Å². The predicted octanol–water partition coefficient (Wildman–Crippen LogP) is 4.16. The summed E-state index contributed by atoms with van der Waals surface area (Å²) in [5.41, 5.74) is 3.54. The van der Waals surface area contributed by atoms with Crippen LogP contribution in [0.15, 0.2) is 59.2 Å². The number of benzene rings is 2. The topological polar surface area (TPSA) is 33.2 Å². The lowest BCUT2D eigenvalue weighted by atomic mass is 10.1. The summed E-state index contributed by atoms with van der Waals surface area (Å²) in [6.45, 7) is 0.594. The number of anilines is 1. The summed E-state index contributed by atoms with van der Waals surface area (Å²) in [4.78, 5) is 18.9. The third-order valence-corrected chi connectivity index (χ3v) is 4.27. The molecule has 1 aliphatic rings. The number of fused-ring (bicyclic) bond motifs is 2. The summed E-state index contributed by atoms with van der Waals surface area (Å²) in [7, 11) is 0. The van der Waals surface area contributed by atoms with Crippen LogP contribution >= 0.6 is 15.9 Å². The molecule has 102 valence electrons. The molecule has 0 spiro atoms. The zero-order chi connectivity index (χ0) is 14.4. The number of hydrogen-bond donors (Lipinski definition) is 0.